The Balaban J connectivity index is 1.72. The van der Waals surface area contributed by atoms with Crippen LogP contribution in [0.2, 0.25) is 0 Å². The van der Waals surface area contributed by atoms with Gasteiger partial charge in [0, 0.05) is 23.7 Å². The quantitative estimate of drug-likeness (QED) is 0.675. The van der Waals surface area contributed by atoms with Gasteiger partial charge in [-0.1, -0.05) is 17.3 Å². The number of benzene rings is 1. The van der Waals surface area contributed by atoms with E-state index >= 15 is 0 Å². The number of nitrogens with zero attached hydrogens (tertiary/aromatic N) is 2. The molecule has 0 aliphatic carbocycles. The average Bonchev–Trinajstić information content (AvgIpc) is 3.16. The Morgan fingerprint density at radius 2 is 1.86 bits per heavy atom. The fourth-order valence-corrected chi connectivity index (χ4v) is 2.99. The summed E-state index contributed by atoms with van der Waals surface area (Å²) in [6, 6.07) is 11.2. The molecule has 1 aromatic carbocycles. The van der Waals surface area contributed by atoms with Crippen LogP contribution in [0.4, 0.5) is 0 Å². The molecule has 3 rings (SSSR count). The molecule has 0 N–H and O–H groups in total. The molecule has 0 amide bonds. The third kappa shape index (κ3) is 3.37. The average molecular weight is 316 g/mol. The van der Waals surface area contributed by atoms with E-state index in [2.05, 4.69) is 10.1 Å². The van der Waals surface area contributed by atoms with Crippen LogP contribution in [0, 0.1) is 0 Å². The molecule has 0 aliphatic heterocycles. The van der Waals surface area contributed by atoms with Crippen LogP contribution < -0.4 is 5.30 Å². The van der Waals surface area contributed by atoms with Crippen LogP contribution in [0.3, 0.4) is 0 Å². The van der Waals surface area contributed by atoms with Crippen LogP contribution in [0.5, 0.6) is 0 Å². The van der Waals surface area contributed by atoms with Crippen molar-refractivity contribution in [3.63, 3.8) is 0 Å². The van der Waals surface area contributed by atoms with Gasteiger partial charge in [0.1, 0.15) is 12.9 Å². The number of furan rings is 1. The summed E-state index contributed by atoms with van der Waals surface area (Å²) >= 11 is 0. The number of aromatic nitrogens is 2. The lowest BCUT2D eigenvalue weighted by Gasteiger charge is -2.06. The van der Waals surface area contributed by atoms with Crippen LogP contribution in [0.25, 0.3) is 11.5 Å². The van der Waals surface area contributed by atoms with Crippen molar-refractivity contribution >= 4 is 12.4 Å². The van der Waals surface area contributed by atoms with Crippen molar-refractivity contribution in [3.8, 4) is 11.5 Å². The van der Waals surface area contributed by atoms with Gasteiger partial charge in [0.25, 0.3) is 5.89 Å². The van der Waals surface area contributed by atoms with E-state index in [0.29, 0.717) is 18.1 Å². The molecule has 0 unspecified atom stereocenters. The van der Waals surface area contributed by atoms with Gasteiger partial charge in [-0.3, -0.25) is 0 Å². The molecule has 0 spiro atoms. The first kappa shape index (κ1) is 14.8. The van der Waals surface area contributed by atoms with Gasteiger partial charge >= 0.3 is 0 Å². The minimum Gasteiger partial charge on any atom is -0.469 e. The lowest BCUT2D eigenvalue weighted by Crippen LogP contribution is -2.01. The van der Waals surface area contributed by atoms with E-state index in [1.54, 1.807) is 19.6 Å². The summed E-state index contributed by atoms with van der Waals surface area (Å²) in [5.74, 6) is 2.02. The van der Waals surface area contributed by atoms with Gasteiger partial charge in [-0.2, -0.15) is 4.98 Å². The number of aryl methyl sites for hydroxylation is 2. The van der Waals surface area contributed by atoms with Gasteiger partial charge in [-0.05, 0) is 37.6 Å². The van der Waals surface area contributed by atoms with Gasteiger partial charge in [0.2, 0.25) is 0 Å². The normalized spacial score (nSPS) is 11.7. The van der Waals surface area contributed by atoms with E-state index in [4.69, 9.17) is 8.94 Å². The summed E-state index contributed by atoms with van der Waals surface area (Å²) in [4.78, 5) is 4.38. The maximum absolute atomic E-state index is 12.0. The topological polar surface area (TPSA) is 69.1 Å². The van der Waals surface area contributed by atoms with Crippen molar-refractivity contribution < 1.29 is 13.5 Å². The molecule has 6 heteroatoms. The van der Waals surface area contributed by atoms with Crippen LogP contribution in [-0.4, -0.2) is 23.5 Å². The van der Waals surface area contributed by atoms with Crippen molar-refractivity contribution in [1.29, 1.82) is 0 Å². The van der Waals surface area contributed by atoms with Crippen LogP contribution in [-0.2, 0) is 17.4 Å². The van der Waals surface area contributed by atoms with Crippen molar-refractivity contribution in [2.45, 2.75) is 12.8 Å². The second kappa shape index (κ2) is 5.93. The monoisotopic (exact) mass is 316 g/mol. The summed E-state index contributed by atoms with van der Waals surface area (Å²) in [6.07, 6.45) is 3.05. The molecular formula is C16H17N2O3P. The zero-order valence-corrected chi connectivity index (χ0v) is 13.4. The molecule has 114 valence electrons. The van der Waals surface area contributed by atoms with Gasteiger partial charge in [-0.25, -0.2) is 0 Å². The summed E-state index contributed by atoms with van der Waals surface area (Å²) in [7, 11) is -2.24. The van der Waals surface area contributed by atoms with E-state index in [9.17, 15) is 4.57 Å². The maximum Gasteiger partial charge on any atom is 0.257 e. The van der Waals surface area contributed by atoms with Crippen molar-refractivity contribution in [1.82, 2.24) is 10.1 Å². The highest BCUT2D eigenvalue weighted by Gasteiger charge is 2.13. The highest BCUT2D eigenvalue weighted by atomic mass is 31.2. The first-order chi connectivity index (χ1) is 10.5. The predicted octanol–water partition coefficient (Wildman–Crippen LogP) is 3.36. The summed E-state index contributed by atoms with van der Waals surface area (Å²) in [5.41, 5.74) is 0.828. The molecule has 2 aromatic heterocycles. The van der Waals surface area contributed by atoms with E-state index < -0.39 is 7.14 Å². The van der Waals surface area contributed by atoms with E-state index in [1.165, 1.54) is 0 Å². The van der Waals surface area contributed by atoms with Gasteiger partial charge < -0.3 is 13.5 Å². The fourth-order valence-electron chi connectivity index (χ4n) is 2.13. The minimum atomic E-state index is -2.24. The van der Waals surface area contributed by atoms with Gasteiger partial charge in [0.05, 0.1) is 6.26 Å². The Morgan fingerprint density at radius 3 is 2.50 bits per heavy atom. The van der Waals surface area contributed by atoms with Crippen molar-refractivity contribution in [3.05, 3.63) is 54.2 Å². The molecular weight excluding hydrogens is 299 g/mol. The Hall–Kier alpha value is -2.13. The maximum atomic E-state index is 12.0. The van der Waals surface area contributed by atoms with Crippen LogP contribution in [0.1, 0.15) is 11.6 Å². The number of rotatable bonds is 5. The zero-order chi connectivity index (χ0) is 15.6. The Kier molecular flexibility index (Phi) is 3.99. The highest BCUT2D eigenvalue weighted by Crippen LogP contribution is 2.34. The zero-order valence-electron chi connectivity index (χ0n) is 12.5. The number of hydrogen-bond acceptors (Lipinski definition) is 5. The Bertz CT molecular complexity index is 785. The van der Waals surface area contributed by atoms with Crippen molar-refractivity contribution in [2.75, 3.05) is 13.3 Å². The first-order valence-electron chi connectivity index (χ1n) is 7.03. The fraction of sp³-hybridized carbons (Fsp3) is 0.250. The predicted molar refractivity (Wildman–Crippen MR) is 84.9 cm³/mol. The summed E-state index contributed by atoms with van der Waals surface area (Å²) in [5, 5.41) is 4.82. The molecule has 0 fully saturated rings. The van der Waals surface area contributed by atoms with Crippen LogP contribution >= 0.6 is 7.14 Å². The lowest BCUT2D eigenvalue weighted by atomic mass is 10.2. The molecule has 0 bridgehead atoms. The number of hydrogen-bond donors (Lipinski definition) is 0. The third-order valence-corrected chi connectivity index (χ3v) is 4.92. The minimum absolute atomic E-state index is 0.475. The molecule has 0 saturated carbocycles. The molecule has 0 saturated heterocycles. The molecule has 2 heterocycles. The summed E-state index contributed by atoms with van der Waals surface area (Å²) in [6.45, 7) is 3.50. The molecule has 0 atom stereocenters. The largest absolute Gasteiger partial charge is 0.469 e. The molecule has 3 aromatic rings. The molecule has 0 radical (unpaired) electrons. The lowest BCUT2D eigenvalue weighted by molar-refractivity contribution is 0.420. The van der Waals surface area contributed by atoms with E-state index in [1.807, 2.05) is 36.4 Å². The Labute approximate surface area is 128 Å². The Morgan fingerprint density at radius 1 is 1.09 bits per heavy atom. The third-order valence-electron chi connectivity index (χ3n) is 3.38. The van der Waals surface area contributed by atoms with Gasteiger partial charge in [-0.15, -0.1) is 0 Å². The highest BCUT2D eigenvalue weighted by molar-refractivity contribution is 7.70. The van der Waals surface area contributed by atoms with E-state index in [-0.39, 0.29) is 0 Å². The summed E-state index contributed by atoms with van der Waals surface area (Å²) < 4.78 is 22.6. The molecule has 22 heavy (non-hydrogen) atoms. The molecule has 0 aliphatic rings. The molecule has 5 nitrogen and oxygen atoms in total. The smallest absolute Gasteiger partial charge is 0.257 e. The van der Waals surface area contributed by atoms with E-state index in [0.717, 1.165) is 23.0 Å². The standard InChI is InChI=1S/C16H17N2O3P/c1-22(2,19)14-8-5-12(6-9-14)16-17-15(18-21-16)10-7-13-4-3-11-20-13/h3-6,8-9,11H,7,10H2,1-2H3. The second-order valence-corrected chi connectivity index (χ2v) is 8.71. The van der Waals surface area contributed by atoms with Crippen LogP contribution in [0.15, 0.2) is 51.6 Å². The van der Waals surface area contributed by atoms with Crippen molar-refractivity contribution in [2.24, 2.45) is 0 Å². The van der Waals surface area contributed by atoms with Gasteiger partial charge in [0.15, 0.2) is 5.82 Å². The second-order valence-electron chi connectivity index (χ2n) is 5.49. The SMILES string of the molecule is CP(C)(=O)c1ccc(-c2nc(CCc3ccco3)no2)cc1. The first-order valence-corrected chi connectivity index (χ1v) is 9.63.